The van der Waals surface area contributed by atoms with Crippen molar-refractivity contribution < 1.29 is 35.6 Å². The number of amides is 2. The first kappa shape index (κ1) is 25.0. The van der Waals surface area contributed by atoms with Gasteiger partial charge in [0, 0.05) is 12.6 Å². The number of sulfonamides is 1. The molecule has 0 spiro atoms. The van der Waals surface area contributed by atoms with Crippen molar-refractivity contribution in [1.29, 1.82) is 0 Å². The van der Waals surface area contributed by atoms with Gasteiger partial charge in [0.15, 0.2) is 5.76 Å². The van der Waals surface area contributed by atoms with Crippen LogP contribution in [-0.2, 0) is 21.0 Å². The van der Waals surface area contributed by atoms with Gasteiger partial charge in [-0.3, -0.25) is 20.4 Å². The van der Waals surface area contributed by atoms with Gasteiger partial charge in [0.05, 0.1) is 17.0 Å². The molecule has 12 heteroatoms. The van der Waals surface area contributed by atoms with Gasteiger partial charge in [0.25, 0.3) is 5.91 Å². The van der Waals surface area contributed by atoms with E-state index >= 15 is 0 Å². The quantitative estimate of drug-likeness (QED) is 0.510. The van der Waals surface area contributed by atoms with E-state index in [0.29, 0.717) is 0 Å². The fourth-order valence-electron chi connectivity index (χ4n) is 2.87. The number of halogens is 3. The Balaban J connectivity index is 1.59. The van der Waals surface area contributed by atoms with Crippen molar-refractivity contribution in [3.8, 4) is 11.3 Å². The second kappa shape index (κ2) is 9.69. The number of hydrazine groups is 1. The Hall–Kier alpha value is -3.64. The maximum atomic E-state index is 12.9. The smallest absolute Gasteiger partial charge is 0.416 e. The van der Waals surface area contributed by atoms with Crippen molar-refractivity contribution in [2.75, 3.05) is 13.6 Å². The van der Waals surface area contributed by atoms with Gasteiger partial charge in [-0.15, -0.1) is 0 Å². The van der Waals surface area contributed by atoms with Crippen molar-refractivity contribution in [3.63, 3.8) is 0 Å². The number of hydrogen-bond donors (Lipinski definition) is 2. The van der Waals surface area contributed by atoms with Crippen LogP contribution in [0.25, 0.3) is 11.3 Å². The molecule has 2 aromatic carbocycles. The Bertz CT molecular complexity index is 1300. The molecule has 34 heavy (non-hydrogen) atoms. The summed E-state index contributed by atoms with van der Waals surface area (Å²) in [7, 11) is -2.71. The average Bonchev–Trinajstić information content (AvgIpc) is 3.28. The monoisotopic (exact) mass is 495 g/mol. The zero-order chi connectivity index (χ0) is 25.1. The summed E-state index contributed by atoms with van der Waals surface area (Å²) in [5, 5.41) is 0. The number of hydrogen-bond acceptors (Lipinski definition) is 5. The molecule has 2 N–H and O–H groups in total. The second-order valence-electron chi connectivity index (χ2n) is 7.32. The fraction of sp³-hybridized carbons (Fsp3) is 0.182. The zero-order valence-electron chi connectivity index (χ0n) is 18.0. The highest BCUT2D eigenvalue weighted by Crippen LogP contribution is 2.32. The van der Waals surface area contributed by atoms with Crippen LogP contribution >= 0.6 is 0 Å². The molecule has 1 aromatic heterocycles. The van der Waals surface area contributed by atoms with Crippen LogP contribution < -0.4 is 10.9 Å². The van der Waals surface area contributed by atoms with E-state index in [2.05, 4.69) is 10.9 Å². The third kappa shape index (κ3) is 5.83. The molecule has 3 aromatic rings. The van der Waals surface area contributed by atoms with Crippen LogP contribution in [0.5, 0.6) is 0 Å². The number of rotatable bonds is 6. The minimum atomic E-state index is -4.53. The molecule has 1 heterocycles. The number of nitrogens with one attached hydrogen (secondary N) is 2. The van der Waals surface area contributed by atoms with Gasteiger partial charge in [-0.2, -0.15) is 17.5 Å². The van der Waals surface area contributed by atoms with Gasteiger partial charge in [-0.05, 0) is 43.3 Å². The topological polar surface area (TPSA) is 109 Å². The minimum absolute atomic E-state index is 0.00939. The first-order chi connectivity index (χ1) is 15.9. The molecule has 0 fully saturated rings. The number of nitrogens with zero attached hydrogens (tertiary/aromatic N) is 1. The van der Waals surface area contributed by atoms with Crippen molar-refractivity contribution in [1.82, 2.24) is 15.2 Å². The predicted molar refractivity (Wildman–Crippen MR) is 116 cm³/mol. The average molecular weight is 495 g/mol. The van der Waals surface area contributed by atoms with Crippen LogP contribution in [0.2, 0.25) is 0 Å². The van der Waals surface area contributed by atoms with Crippen LogP contribution in [0, 0.1) is 6.92 Å². The van der Waals surface area contributed by atoms with Gasteiger partial charge in [-0.1, -0.05) is 29.8 Å². The molecule has 8 nitrogen and oxygen atoms in total. The molecule has 3 rings (SSSR count). The summed E-state index contributed by atoms with van der Waals surface area (Å²) < 4.78 is 69.9. The number of likely N-dealkylation sites (N-methyl/N-ethyl adjacent to an activating group) is 1. The van der Waals surface area contributed by atoms with E-state index in [9.17, 15) is 31.2 Å². The lowest BCUT2D eigenvalue weighted by atomic mass is 10.1. The minimum Gasteiger partial charge on any atom is -0.451 e. The van der Waals surface area contributed by atoms with Crippen LogP contribution in [0.15, 0.2) is 70.0 Å². The summed E-state index contributed by atoms with van der Waals surface area (Å²) >= 11 is 0. The van der Waals surface area contributed by atoms with Crippen molar-refractivity contribution in [3.05, 3.63) is 77.6 Å². The summed E-state index contributed by atoms with van der Waals surface area (Å²) in [6, 6.07) is 13.0. The molecule has 0 radical (unpaired) electrons. The van der Waals surface area contributed by atoms with E-state index in [1.165, 1.54) is 43.4 Å². The fourth-order valence-corrected chi connectivity index (χ4v) is 4.00. The Labute approximate surface area is 193 Å². The van der Waals surface area contributed by atoms with Crippen LogP contribution in [0.3, 0.4) is 0 Å². The van der Waals surface area contributed by atoms with E-state index in [1.54, 1.807) is 19.1 Å². The zero-order valence-corrected chi connectivity index (χ0v) is 18.8. The molecule has 0 atom stereocenters. The largest absolute Gasteiger partial charge is 0.451 e. The maximum Gasteiger partial charge on any atom is 0.416 e. The molecule has 0 saturated carbocycles. The molecular formula is C22H20F3N3O5S. The standard InChI is InChI=1S/C22H20F3N3O5S/c1-14-6-8-17(9-7-14)34(31,32)28(2)13-20(29)26-27-21(30)19-11-10-18(33-19)15-4-3-5-16(12-15)22(23,24)25/h3-12H,13H2,1-2H3,(H,26,29)(H,27,30). The highest BCUT2D eigenvalue weighted by atomic mass is 32.2. The number of furan rings is 1. The molecule has 0 saturated heterocycles. The number of aryl methyl sites for hydroxylation is 1. The lowest BCUT2D eigenvalue weighted by Gasteiger charge is -2.17. The lowest BCUT2D eigenvalue weighted by molar-refractivity contribution is -0.137. The van der Waals surface area contributed by atoms with Gasteiger partial charge >= 0.3 is 12.1 Å². The number of benzene rings is 2. The summed E-state index contributed by atoms with van der Waals surface area (Å²) in [6.07, 6.45) is -4.53. The van der Waals surface area contributed by atoms with Crippen molar-refractivity contribution >= 4 is 21.8 Å². The van der Waals surface area contributed by atoms with E-state index in [4.69, 9.17) is 4.42 Å². The Morgan fingerprint density at radius 1 is 1.00 bits per heavy atom. The molecule has 0 bridgehead atoms. The van der Waals surface area contributed by atoms with E-state index < -0.39 is 40.1 Å². The molecule has 180 valence electrons. The van der Waals surface area contributed by atoms with Gasteiger partial charge in [-0.25, -0.2) is 8.42 Å². The van der Waals surface area contributed by atoms with E-state index in [0.717, 1.165) is 22.0 Å². The molecule has 0 unspecified atom stereocenters. The van der Waals surface area contributed by atoms with Crippen LogP contribution in [-0.4, -0.2) is 38.1 Å². The van der Waals surface area contributed by atoms with E-state index in [-0.39, 0.29) is 22.0 Å². The number of carbonyl (C=O) groups is 2. The first-order valence-electron chi connectivity index (χ1n) is 9.77. The molecule has 2 amide bonds. The Morgan fingerprint density at radius 3 is 2.32 bits per heavy atom. The summed E-state index contributed by atoms with van der Waals surface area (Å²) in [5.74, 6) is -1.95. The summed E-state index contributed by atoms with van der Waals surface area (Å²) in [6.45, 7) is 1.22. The predicted octanol–water partition coefficient (Wildman–Crippen LogP) is 3.36. The number of alkyl halides is 3. The van der Waals surface area contributed by atoms with E-state index in [1.807, 2.05) is 0 Å². The highest BCUT2D eigenvalue weighted by molar-refractivity contribution is 7.89. The Kier molecular flexibility index (Phi) is 7.12. The highest BCUT2D eigenvalue weighted by Gasteiger charge is 2.30. The third-order valence-corrected chi connectivity index (χ3v) is 6.53. The first-order valence-corrected chi connectivity index (χ1v) is 11.2. The van der Waals surface area contributed by atoms with Crippen LogP contribution in [0.1, 0.15) is 21.7 Å². The van der Waals surface area contributed by atoms with Gasteiger partial charge < -0.3 is 4.42 Å². The van der Waals surface area contributed by atoms with Crippen molar-refractivity contribution in [2.45, 2.75) is 18.0 Å². The molecule has 0 aliphatic rings. The third-order valence-electron chi connectivity index (χ3n) is 4.72. The molecular weight excluding hydrogens is 475 g/mol. The SMILES string of the molecule is Cc1ccc(S(=O)(=O)N(C)CC(=O)NNC(=O)c2ccc(-c3cccc(C(F)(F)F)c3)o2)cc1. The summed E-state index contributed by atoms with van der Waals surface area (Å²) in [5.41, 5.74) is 4.25. The summed E-state index contributed by atoms with van der Waals surface area (Å²) in [4.78, 5) is 24.3. The Morgan fingerprint density at radius 2 is 1.68 bits per heavy atom. The maximum absolute atomic E-state index is 12.9. The van der Waals surface area contributed by atoms with Crippen LogP contribution in [0.4, 0.5) is 13.2 Å². The van der Waals surface area contributed by atoms with Crippen molar-refractivity contribution in [2.24, 2.45) is 0 Å². The normalized spacial score (nSPS) is 11.9. The molecule has 0 aliphatic heterocycles. The second-order valence-corrected chi connectivity index (χ2v) is 9.36. The van der Waals surface area contributed by atoms with Gasteiger partial charge in [0.1, 0.15) is 5.76 Å². The van der Waals surface area contributed by atoms with Gasteiger partial charge in [0.2, 0.25) is 10.0 Å². The molecule has 0 aliphatic carbocycles. The number of carbonyl (C=O) groups excluding carboxylic acids is 2. The lowest BCUT2D eigenvalue weighted by Crippen LogP contribution is -2.46.